The van der Waals surface area contributed by atoms with Crippen molar-refractivity contribution in [3.8, 4) is 0 Å². The summed E-state index contributed by atoms with van der Waals surface area (Å²) in [7, 11) is 0. The van der Waals surface area contributed by atoms with Crippen LogP contribution in [0.5, 0.6) is 0 Å². The Balaban J connectivity index is 0.00000288. The molecule has 1 aromatic carbocycles. The van der Waals surface area contributed by atoms with Crippen LogP contribution in [0.25, 0.3) is 0 Å². The Labute approximate surface area is 165 Å². The average molecular weight is 341 g/mol. The van der Waals surface area contributed by atoms with Gasteiger partial charge in [-0.1, -0.05) is 30.3 Å². The smallest absolute Gasteiger partial charge is 0.549 e. The molecule has 1 aliphatic rings. The molecule has 0 radical (unpaired) electrons. The molecule has 0 N–H and O–H groups in total. The summed E-state index contributed by atoms with van der Waals surface area (Å²) in [5.74, 6) is -2.00. The Morgan fingerprint density at radius 2 is 1.83 bits per heavy atom. The van der Waals surface area contributed by atoms with Crippen molar-refractivity contribution in [2.75, 3.05) is 6.54 Å². The van der Waals surface area contributed by atoms with Gasteiger partial charge < -0.3 is 19.5 Å². The monoisotopic (exact) mass is 341 g/mol. The molecule has 6 heteroatoms. The fourth-order valence-corrected chi connectivity index (χ4v) is 3.03. The summed E-state index contributed by atoms with van der Waals surface area (Å²) in [6.07, 6.45) is 1.92. The number of aliphatic carboxylic acids is 1. The van der Waals surface area contributed by atoms with E-state index in [1.165, 1.54) is 0 Å². The van der Waals surface area contributed by atoms with Gasteiger partial charge in [0.25, 0.3) is 0 Å². The molecular weight excluding hydrogens is 317 g/mol. The van der Waals surface area contributed by atoms with E-state index < -0.39 is 29.6 Å². The third-order valence-electron chi connectivity index (χ3n) is 3.97. The van der Waals surface area contributed by atoms with Gasteiger partial charge in [0.1, 0.15) is 5.60 Å². The number of ether oxygens (including phenoxy) is 1. The second-order valence-corrected chi connectivity index (χ2v) is 6.94. The SMILES string of the molecule is CC(C)(C)OC(=O)N1CCCCC1C(C(=O)[O-])c1ccccc1.[Na+]. The van der Waals surface area contributed by atoms with Crippen molar-refractivity contribution in [2.45, 2.75) is 57.6 Å². The molecule has 2 unspecified atom stereocenters. The molecule has 24 heavy (non-hydrogen) atoms. The van der Waals surface area contributed by atoms with E-state index in [4.69, 9.17) is 4.74 Å². The summed E-state index contributed by atoms with van der Waals surface area (Å²) in [6.45, 7) is 5.92. The molecule has 0 aromatic heterocycles. The van der Waals surface area contributed by atoms with E-state index in [2.05, 4.69) is 0 Å². The first-order chi connectivity index (χ1) is 10.8. The average Bonchev–Trinajstić information content (AvgIpc) is 2.47. The molecule has 0 saturated carbocycles. The van der Waals surface area contributed by atoms with Gasteiger partial charge in [-0.2, -0.15) is 0 Å². The number of nitrogens with zero attached hydrogens (tertiary/aromatic N) is 1. The predicted molar refractivity (Wildman–Crippen MR) is 84.8 cm³/mol. The molecule has 2 rings (SSSR count). The van der Waals surface area contributed by atoms with Crippen LogP contribution in [0.15, 0.2) is 30.3 Å². The molecule has 0 spiro atoms. The van der Waals surface area contributed by atoms with Gasteiger partial charge in [0.05, 0.1) is 5.97 Å². The van der Waals surface area contributed by atoms with E-state index in [9.17, 15) is 14.7 Å². The summed E-state index contributed by atoms with van der Waals surface area (Å²) in [5, 5.41) is 11.8. The summed E-state index contributed by atoms with van der Waals surface area (Å²) >= 11 is 0. The van der Waals surface area contributed by atoms with Crippen LogP contribution >= 0.6 is 0 Å². The molecule has 2 atom stereocenters. The third kappa shape index (κ3) is 5.50. The van der Waals surface area contributed by atoms with Gasteiger partial charge in [-0.05, 0) is 45.6 Å². The van der Waals surface area contributed by atoms with Crippen molar-refractivity contribution < 1.29 is 49.0 Å². The Hall–Kier alpha value is -1.04. The second kappa shape index (κ2) is 8.88. The van der Waals surface area contributed by atoms with E-state index in [-0.39, 0.29) is 29.6 Å². The number of benzene rings is 1. The Morgan fingerprint density at radius 3 is 2.38 bits per heavy atom. The van der Waals surface area contributed by atoms with Crippen LogP contribution in [0.4, 0.5) is 4.79 Å². The number of hydrogen-bond donors (Lipinski definition) is 0. The number of carbonyl (C=O) groups is 2. The molecule has 5 nitrogen and oxygen atoms in total. The topological polar surface area (TPSA) is 69.7 Å². The maximum Gasteiger partial charge on any atom is 1.00 e. The third-order valence-corrected chi connectivity index (χ3v) is 3.97. The zero-order valence-electron chi connectivity index (χ0n) is 15.0. The summed E-state index contributed by atoms with van der Waals surface area (Å²) in [5.41, 5.74) is 0.0518. The van der Waals surface area contributed by atoms with Crippen LogP contribution < -0.4 is 34.7 Å². The standard InChI is InChI=1S/C18H25NO4.Na/c1-18(2,3)23-17(22)19-12-8-7-11-14(19)15(16(20)21)13-9-5-4-6-10-13;/h4-6,9-10,14-15H,7-8,11-12H2,1-3H3,(H,20,21);/q;+1/p-1. The summed E-state index contributed by atoms with van der Waals surface area (Å²) < 4.78 is 5.45. The van der Waals surface area contributed by atoms with Gasteiger partial charge in [-0.3, -0.25) is 0 Å². The molecule has 1 saturated heterocycles. The normalized spacial score (nSPS) is 19.1. The Morgan fingerprint density at radius 1 is 1.21 bits per heavy atom. The van der Waals surface area contributed by atoms with Crippen molar-refractivity contribution in [1.29, 1.82) is 0 Å². The van der Waals surface area contributed by atoms with Crippen molar-refractivity contribution in [3.63, 3.8) is 0 Å². The number of carbonyl (C=O) groups excluding carboxylic acids is 2. The fourth-order valence-electron chi connectivity index (χ4n) is 3.03. The van der Waals surface area contributed by atoms with Crippen molar-refractivity contribution in [2.24, 2.45) is 0 Å². The number of amides is 1. The Kier molecular flexibility index (Phi) is 7.77. The van der Waals surface area contributed by atoms with Crippen LogP contribution in [0.3, 0.4) is 0 Å². The molecule has 0 bridgehead atoms. The van der Waals surface area contributed by atoms with Crippen LogP contribution in [0.2, 0.25) is 0 Å². The van der Waals surface area contributed by atoms with Gasteiger partial charge in [0.2, 0.25) is 0 Å². The van der Waals surface area contributed by atoms with Gasteiger partial charge in [-0.15, -0.1) is 0 Å². The molecule has 1 amide bonds. The fraction of sp³-hybridized carbons (Fsp3) is 0.556. The van der Waals surface area contributed by atoms with Gasteiger partial charge in [-0.25, -0.2) is 4.79 Å². The van der Waals surface area contributed by atoms with E-state index in [1.807, 2.05) is 6.07 Å². The number of rotatable bonds is 3. The number of hydrogen-bond acceptors (Lipinski definition) is 4. The maximum atomic E-state index is 12.5. The van der Waals surface area contributed by atoms with Crippen molar-refractivity contribution in [1.82, 2.24) is 4.90 Å². The minimum Gasteiger partial charge on any atom is -0.549 e. The maximum absolute atomic E-state index is 12.5. The predicted octanol–water partition coefficient (Wildman–Crippen LogP) is -0.686. The summed E-state index contributed by atoms with van der Waals surface area (Å²) in [4.78, 5) is 25.8. The van der Waals surface area contributed by atoms with Crippen LogP contribution in [0, 0.1) is 0 Å². The van der Waals surface area contributed by atoms with Gasteiger partial charge in [0.15, 0.2) is 0 Å². The number of piperidine rings is 1. The van der Waals surface area contributed by atoms with Gasteiger partial charge in [0, 0.05) is 18.5 Å². The zero-order chi connectivity index (χ0) is 17.0. The minimum atomic E-state index is -1.16. The first-order valence-electron chi connectivity index (χ1n) is 8.05. The largest absolute Gasteiger partial charge is 1.00 e. The van der Waals surface area contributed by atoms with E-state index in [0.29, 0.717) is 18.5 Å². The number of carboxylic acids is 1. The van der Waals surface area contributed by atoms with Crippen molar-refractivity contribution >= 4 is 12.1 Å². The number of carboxylic acid groups (broad SMARTS) is 1. The van der Waals surface area contributed by atoms with E-state index in [0.717, 1.165) is 12.8 Å². The van der Waals surface area contributed by atoms with Crippen LogP contribution in [-0.4, -0.2) is 35.2 Å². The van der Waals surface area contributed by atoms with Crippen LogP contribution in [0.1, 0.15) is 51.5 Å². The van der Waals surface area contributed by atoms with Crippen molar-refractivity contribution in [3.05, 3.63) is 35.9 Å². The summed E-state index contributed by atoms with van der Waals surface area (Å²) in [6, 6.07) is 8.52. The van der Waals surface area contributed by atoms with Gasteiger partial charge >= 0.3 is 35.7 Å². The number of likely N-dealkylation sites (tertiary alicyclic amines) is 1. The molecule has 1 fully saturated rings. The zero-order valence-corrected chi connectivity index (χ0v) is 17.0. The van der Waals surface area contributed by atoms with E-state index in [1.54, 1.807) is 49.9 Å². The second-order valence-electron chi connectivity index (χ2n) is 6.94. The molecular formula is C18H24NNaO4. The first-order valence-corrected chi connectivity index (χ1v) is 8.05. The minimum absolute atomic E-state index is 0. The Bertz CT molecular complexity index is 556. The first kappa shape index (κ1) is 21.0. The molecule has 1 heterocycles. The quantitative estimate of drug-likeness (QED) is 0.683. The van der Waals surface area contributed by atoms with E-state index >= 15 is 0 Å². The molecule has 126 valence electrons. The molecule has 0 aliphatic carbocycles. The van der Waals surface area contributed by atoms with Crippen LogP contribution in [-0.2, 0) is 9.53 Å². The molecule has 1 aromatic rings. The molecule has 1 aliphatic heterocycles.